The van der Waals surface area contributed by atoms with E-state index in [0.717, 1.165) is 39.5 Å². The van der Waals surface area contributed by atoms with E-state index in [1.165, 1.54) is 16.8 Å². The van der Waals surface area contributed by atoms with E-state index in [0.29, 0.717) is 5.88 Å². The van der Waals surface area contributed by atoms with Gasteiger partial charge >= 0.3 is 0 Å². The minimum absolute atomic E-state index is 0.0579. The van der Waals surface area contributed by atoms with Crippen molar-refractivity contribution < 1.29 is 9.53 Å². The molecule has 0 saturated carbocycles. The van der Waals surface area contributed by atoms with Gasteiger partial charge in [0.05, 0.1) is 11.4 Å². The molecule has 0 aliphatic heterocycles. The van der Waals surface area contributed by atoms with Gasteiger partial charge in [-0.3, -0.25) is 4.79 Å². The van der Waals surface area contributed by atoms with E-state index in [2.05, 4.69) is 31.2 Å². The molecule has 0 saturated heterocycles. The summed E-state index contributed by atoms with van der Waals surface area (Å²) in [4.78, 5) is 23.2. The molecule has 4 rings (SSSR count). The number of hydrogen-bond donors (Lipinski definition) is 1. The van der Waals surface area contributed by atoms with E-state index in [1.807, 2.05) is 31.2 Å². The second kappa shape index (κ2) is 7.32. The summed E-state index contributed by atoms with van der Waals surface area (Å²) in [6.07, 6.45) is 4.80. The number of aromatic nitrogens is 2. The van der Waals surface area contributed by atoms with Gasteiger partial charge in [0.25, 0.3) is 5.91 Å². The lowest BCUT2D eigenvalue weighted by atomic mass is 10.1. The van der Waals surface area contributed by atoms with Crippen LogP contribution in [0.2, 0.25) is 0 Å². The summed E-state index contributed by atoms with van der Waals surface area (Å²) in [7, 11) is 0. The first-order valence-corrected chi connectivity index (χ1v) is 10.2. The van der Waals surface area contributed by atoms with Crippen LogP contribution in [0.1, 0.15) is 35.4 Å². The Bertz CT molecular complexity index is 955. The SMILES string of the molecule is CC(NC(=O)COc1ncnc2sc3c(c12)CCC3)c1ccc(Br)cc1. The van der Waals surface area contributed by atoms with Gasteiger partial charge in [0.2, 0.25) is 5.88 Å². The van der Waals surface area contributed by atoms with Gasteiger partial charge in [0, 0.05) is 9.35 Å². The summed E-state index contributed by atoms with van der Waals surface area (Å²) in [6, 6.07) is 7.80. The maximum absolute atomic E-state index is 12.3. The van der Waals surface area contributed by atoms with Gasteiger partial charge in [-0.15, -0.1) is 11.3 Å². The maximum Gasteiger partial charge on any atom is 0.258 e. The Kier molecular flexibility index (Phi) is 4.91. The summed E-state index contributed by atoms with van der Waals surface area (Å²) < 4.78 is 6.77. The molecule has 1 aliphatic rings. The highest BCUT2D eigenvalue weighted by Gasteiger charge is 2.22. The Labute approximate surface area is 163 Å². The van der Waals surface area contributed by atoms with E-state index < -0.39 is 0 Å². The predicted molar refractivity (Wildman–Crippen MR) is 106 cm³/mol. The molecule has 1 unspecified atom stereocenters. The van der Waals surface area contributed by atoms with Crippen LogP contribution in [0.5, 0.6) is 5.88 Å². The standard InChI is InChI=1S/C19H18BrN3O2S/c1-11(12-5-7-13(20)8-6-12)23-16(24)9-25-18-17-14-3-2-4-15(14)26-19(17)22-10-21-18/h5-8,10-11H,2-4,9H2,1H3,(H,23,24). The van der Waals surface area contributed by atoms with Gasteiger partial charge in [-0.2, -0.15) is 0 Å². The van der Waals surface area contributed by atoms with Gasteiger partial charge < -0.3 is 10.1 Å². The molecular formula is C19H18BrN3O2S. The van der Waals surface area contributed by atoms with Gasteiger partial charge in [0.1, 0.15) is 11.2 Å². The highest BCUT2D eigenvalue weighted by molar-refractivity contribution is 9.10. The number of fused-ring (bicyclic) bond motifs is 3. The highest BCUT2D eigenvalue weighted by atomic mass is 79.9. The molecule has 0 bridgehead atoms. The third-order valence-corrected chi connectivity index (χ3v) is 6.28. The Morgan fingerprint density at radius 1 is 1.31 bits per heavy atom. The van der Waals surface area contributed by atoms with E-state index in [1.54, 1.807) is 11.3 Å². The average Bonchev–Trinajstić information content (AvgIpc) is 3.21. The molecule has 1 amide bonds. The van der Waals surface area contributed by atoms with Crippen molar-refractivity contribution in [3.05, 3.63) is 51.1 Å². The fourth-order valence-electron chi connectivity index (χ4n) is 3.26. The number of hydrogen-bond acceptors (Lipinski definition) is 5. The summed E-state index contributed by atoms with van der Waals surface area (Å²) in [5.74, 6) is 0.347. The Morgan fingerprint density at radius 2 is 2.12 bits per heavy atom. The van der Waals surface area contributed by atoms with Crippen molar-refractivity contribution in [2.45, 2.75) is 32.2 Å². The zero-order chi connectivity index (χ0) is 18.1. The van der Waals surface area contributed by atoms with Crippen molar-refractivity contribution in [1.29, 1.82) is 0 Å². The largest absolute Gasteiger partial charge is 0.467 e. The molecule has 0 spiro atoms. The Morgan fingerprint density at radius 3 is 2.92 bits per heavy atom. The molecular weight excluding hydrogens is 414 g/mol. The molecule has 1 atom stereocenters. The molecule has 1 aliphatic carbocycles. The van der Waals surface area contributed by atoms with Crippen LogP contribution in [0.4, 0.5) is 0 Å². The lowest BCUT2D eigenvalue weighted by molar-refractivity contribution is -0.123. The lowest BCUT2D eigenvalue weighted by Crippen LogP contribution is -2.31. The van der Waals surface area contributed by atoms with Crippen molar-refractivity contribution in [3.63, 3.8) is 0 Å². The maximum atomic E-state index is 12.3. The number of thiophene rings is 1. The van der Waals surface area contributed by atoms with Crippen LogP contribution in [-0.2, 0) is 17.6 Å². The van der Waals surface area contributed by atoms with E-state index >= 15 is 0 Å². The monoisotopic (exact) mass is 431 g/mol. The molecule has 7 heteroatoms. The number of ether oxygens (including phenoxy) is 1. The molecule has 2 heterocycles. The highest BCUT2D eigenvalue weighted by Crippen LogP contribution is 2.39. The third kappa shape index (κ3) is 3.46. The zero-order valence-corrected chi connectivity index (χ0v) is 16.7. The van der Waals surface area contributed by atoms with Crippen LogP contribution in [0.3, 0.4) is 0 Å². The average molecular weight is 432 g/mol. The molecule has 1 aromatic carbocycles. The molecule has 3 aromatic rings. The summed E-state index contributed by atoms with van der Waals surface area (Å²) in [6.45, 7) is 1.90. The number of halogens is 1. The molecule has 1 N–H and O–H groups in total. The first-order valence-electron chi connectivity index (χ1n) is 8.54. The Balaban J connectivity index is 1.43. The number of nitrogens with one attached hydrogen (secondary N) is 1. The van der Waals surface area contributed by atoms with Crippen LogP contribution >= 0.6 is 27.3 Å². The Hall–Kier alpha value is -1.99. The molecule has 2 aromatic heterocycles. The van der Waals surface area contributed by atoms with Crippen molar-refractivity contribution in [2.75, 3.05) is 6.61 Å². The van der Waals surface area contributed by atoms with Crippen molar-refractivity contribution in [1.82, 2.24) is 15.3 Å². The molecule has 5 nitrogen and oxygen atoms in total. The molecule has 26 heavy (non-hydrogen) atoms. The van der Waals surface area contributed by atoms with Gasteiger partial charge in [-0.1, -0.05) is 28.1 Å². The molecule has 0 fully saturated rings. The van der Waals surface area contributed by atoms with E-state index in [9.17, 15) is 4.79 Å². The van der Waals surface area contributed by atoms with Crippen LogP contribution in [0, 0.1) is 0 Å². The number of benzene rings is 1. The number of rotatable bonds is 5. The first-order chi connectivity index (χ1) is 12.6. The first kappa shape index (κ1) is 17.4. The fourth-order valence-corrected chi connectivity index (χ4v) is 4.74. The summed E-state index contributed by atoms with van der Waals surface area (Å²) >= 11 is 5.12. The van der Waals surface area contributed by atoms with E-state index in [-0.39, 0.29) is 18.6 Å². The van der Waals surface area contributed by atoms with Crippen molar-refractivity contribution in [3.8, 4) is 5.88 Å². The number of aryl methyl sites for hydroxylation is 2. The second-order valence-electron chi connectivity index (χ2n) is 6.35. The topological polar surface area (TPSA) is 64.1 Å². The summed E-state index contributed by atoms with van der Waals surface area (Å²) in [5.41, 5.74) is 2.34. The van der Waals surface area contributed by atoms with Crippen LogP contribution in [0.15, 0.2) is 35.1 Å². The number of carbonyl (C=O) groups is 1. The fraction of sp³-hybridized carbons (Fsp3) is 0.316. The molecule has 0 radical (unpaired) electrons. The minimum Gasteiger partial charge on any atom is -0.467 e. The minimum atomic E-state index is -0.168. The number of amides is 1. The van der Waals surface area contributed by atoms with Crippen LogP contribution in [0.25, 0.3) is 10.2 Å². The second-order valence-corrected chi connectivity index (χ2v) is 8.35. The predicted octanol–water partition coefficient (Wildman–Crippen LogP) is 4.20. The zero-order valence-electron chi connectivity index (χ0n) is 14.3. The number of nitrogens with zero attached hydrogens (tertiary/aromatic N) is 2. The quantitative estimate of drug-likeness (QED) is 0.657. The number of carbonyl (C=O) groups excluding carboxylic acids is 1. The molecule has 134 valence electrons. The van der Waals surface area contributed by atoms with E-state index in [4.69, 9.17) is 4.74 Å². The van der Waals surface area contributed by atoms with Crippen molar-refractivity contribution in [2.24, 2.45) is 0 Å². The smallest absolute Gasteiger partial charge is 0.258 e. The van der Waals surface area contributed by atoms with Gasteiger partial charge in [0.15, 0.2) is 6.61 Å². The lowest BCUT2D eigenvalue weighted by Gasteiger charge is -2.15. The van der Waals surface area contributed by atoms with Gasteiger partial charge in [-0.25, -0.2) is 9.97 Å². The van der Waals surface area contributed by atoms with Crippen LogP contribution < -0.4 is 10.1 Å². The third-order valence-electron chi connectivity index (χ3n) is 4.55. The van der Waals surface area contributed by atoms with Gasteiger partial charge in [-0.05, 0) is 49.4 Å². The summed E-state index contributed by atoms with van der Waals surface area (Å²) in [5, 5.41) is 3.95. The van der Waals surface area contributed by atoms with Crippen LogP contribution in [-0.4, -0.2) is 22.5 Å². The normalized spacial score (nSPS) is 14.2. The van der Waals surface area contributed by atoms with Crippen molar-refractivity contribution >= 4 is 43.4 Å².